The van der Waals surface area contributed by atoms with Gasteiger partial charge in [0.1, 0.15) is 23.6 Å². The molecular weight excluding hydrogens is 492 g/mol. The van der Waals surface area contributed by atoms with Gasteiger partial charge in [-0.2, -0.15) is 22.0 Å². The normalized spacial score (nSPS) is 20.9. The Labute approximate surface area is 200 Å². The SMILES string of the molecule is Cc1cc(Nc2ncnc3ccc(F)cc23)c(=O)n(C2(N)CCC(C(F)(F)C(F)(F)F)CC2)c1C=O. The van der Waals surface area contributed by atoms with Crippen LogP contribution < -0.4 is 16.6 Å². The number of aromatic nitrogens is 3. The van der Waals surface area contributed by atoms with Crippen LogP contribution in [-0.2, 0) is 5.66 Å². The Morgan fingerprint density at radius 3 is 2.42 bits per heavy atom. The third kappa shape index (κ3) is 4.31. The minimum Gasteiger partial charge on any atom is -0.335 e. The molecule has 7 nitrogen and oxygen atoms in total. The molecule has 2 heterocycles. The van der Waals surface area contributed by atoms with Gasteiger partial charge in [0.05, 0.1) is 16.9 Å². The molecule has 13 heteroatoms. The lowest BCUT2D eigenvalue weighted by Gasteiger charge is -2.41. The Bertz CT molecular complexity index is 1380. The first kappa shape index (κ1) is 25.6. The Balaban J connectivity index is 1.74. The molecule has 3 aromatic rings. The van der Waals surface area contributed by atoms with Gasteiger partial charge in [0, 0.05) is 11.3 Å². The van der Waals surface area contributed by atoms with Gasteiger partial charge in [-0.3, -0.25) is 14.2 Å². The van der Waals surface area contributed by atoms with Gasteiger partial charge < -0.3 is 11.1 Å². The first-order valence-electron chi connectivity index (χ1n) is 10.9. The van der Waals surface area contributed by atoms with Gasteiger partial charge in [-0.05, 0) is 62.4 Å². The molecule has 0 saturated heterocycles. The highest BCUT2D eigenvalue weighted by Crippen LogP contribution is 2.48. The van der Waals surface area contributed by atoms with Gasteiger partial charge >= 0.3 is 12.1 Å². The van der Waals surface area contributed by atoms with Crippen LogP contribution in [0.3, 0.4) is 0 Å². The fraction of sp³-hybridized carbons (Fsp3) is 0.391. The van der Waals surface area contributed by atoms with E-state index in [4.69, 9.17) is 5.73 Å². The number of hydrogen-bond acceptors (Lipinski definition) is 6. The summed E-state index contributed by atoms with van der Waals surface area (Å²) in [5, 5.41) is 3.05. The van der Waals surface area contributed by atoms with E-state index in [1.807, 2.05) is 0 Å². The highest BCUT2D eigenvalue weighted by molar-refractivity contribution is 5.90. The topological polar surface area (TPSA) is 103 Å². The summed E-state index contributed by atoms with van der Waals surface area (Å²) in [4.78, 5) is 33.4. The molecule has 0 aliphatic heterocycles. The first-order valence-corrected chi connectivity index (χ1v) is 10.9. The molecule has 1 saturated carbocycles. The van der Waals surface area contributed by atoms with Crippen molar-refractivity contribution in [1.82, 2.24) is 14.5 Å². The van der Waals surface area contributed by atoms with Gasteiger partial charge in [0.25, 0.3) is 5.56 Å². The van der Waals surface area contributed by atoms with E-state index in [0.29, 0.717) is 17.4 Å². The molecule has 4 rings (SSSR count). The summed E-state index contributed by atoms with van der Waals surface area (Å²) in [5.41, 5.74) is 4.34. The third-order valence-corrected chi connectivity index (χ3v) is 6.59. The quantitative estimate of drug-likeness (QED) is 0.376. The number of benzene rings is 1. The molecule has 0 atom stereocenters. The number of pyridine rings is 1. The number of aldehydes is 1. The molecule has 0 amide bonds. The predicted octanol–water partition coefficient (Wildman–Crippen LogP) is 4.79. The number of hydrogen-bond donors (Lipinski definition) is 2. The highest BCUT2D eigenvalue weighted by atomic mass is 19.4. The van der Waals surface area contributed by atoms with Crippen molar-refractivity contribution in [3.05, 3.63) is 58.0 Å². The molecule has 3 N–H and O–H groups in total. The Morgan fingerprint density at radius 2 is 1.81 bits per heavy atom. The number of nitrogens with one attached hydrogen (secondary N) is 1. The van der Waals surface area contributed by atoms with Crippen LogP contribution in [0.2, 0.25) is 0 Å². The first-order chi connectivity index (χ1) is 16.8. The van der Waals surface area contributed by atoms with Crippen LogP contribution in [0.15, 0.2) is 35.4 Å². The molecule has 0 spiro atoms. The molecular formula is C23H21F6N5O2. The van der Waals surface area contributed by atoms with Crippen LogP contribution in [-0.4, -0.2) is 32.9 Å². The number of nitrogens with zero attached hydrogens (tertiary/aromatic N) is 3. The van der Waals surface area contributed by atoms with E-state index < -0.39 is 60.7 Å². The zero-order valence-electron chi connectivity index (χ0n) is 18.9. The fourth-order valence-electron chi connectivity index (χ4n) is 4.63. The van der Waals surface area contributed by atoms with Crippen LogP contribution in [0, 0.1) is 18.7 Å². The van der Waals surface area contributed by atoms with Crippen molar-refractivity contribution in [2.24, 2.45) is 11.7 Å². The molecule has 0 radical (unpaired) electrons. The number of aryl methyl sites for hydroxylation is 1. The van der Waals surface area contributed by atoms with E-state index in [1.165, 1.54) is 31.5 Å². The van der Waals surface area contributed by atoms with Crippen LogP contribution in [0.25, 0.3) is 10.9 Å². The predicted molar refractivity (Wildman–Crippen MR) is 119 cm³/mol. The fourth-order valence-corrected chi connectivity index (χ4v) is 4.63. The number of nitrogens with two attached hydrogens (primary N) is 1. The Kier molecular flexibility index (Phi) is 6.31. The van der Waals surface area contributed by atoms with E-state index >= 15 is 0 Å². The summed E-state index contributed by atoms with van der Waals surface area (Å²) in [7, 11) is 0. The zero-order valence-corrected chi connectivity index (χ0v) is 18.9. The summed E-state index contributed by atoms with van der Waals surface area (Å²) >= 11 is 0. The summed E-state index contributed by atoms with van der Waals surface area (Å²) in [5.74, 6) is -7.40. The minimum atomic E-state index is -5.71. The lowest BCUT2D eigenvalue weighted by Crippen LogP contribution is -2.55. The molecule has 0 bridgehead atoms. The lowest BCUT2D eigenvalue weighted by molar-refractivity contribution is -0.306. The molecule has 1 aliphatic carbocycles. The summed E-state index contributed by atoms with van der Waals surface area (Å²) in [6, 6.07) is 5.13. The standard InChI is InChI=1S/C23H21F6N5O2/c1-12-8-17(33-19-15-9-14(24)2-3-16(15)31-11-32-19)20(36)34(18(12)10-35)21(30)6-4-13(5-7-21)22(25,26)23(27,28)29/h2-3,8-11,13H,4-7,30H2,1H3,(H,31,32,33). The van der Waals surface area contributed by atoms with E-state index in [0.717, 1.165) is 10.6 Å². The number of alkyl halides is 5. The van der Waals surface area contributed by atoms with Gasteiger partial charge in [-0.1, -0.05) is 0 Å². The van der Waals surface area contributed by atoms with Gasteiger partial charge in [0.15, 0.2) is 6.29 Å². The number of halogens is 6. The van der Waals surface area contributed by atoms with E-state index in [2.05, 4.69) is 15.3 Å². The second kappa shape index (κ2) is 8.87. The van der Waals surface area contributed by atoms with Gasteiger partial charge in [-0.25, -0.2) is 14.4 Å². The minimum absolute atomic E-state index is 0.0843. The van der Waals surface area contributed by atoms with E-state index in [-0.39, 0.29) is 22.6 Å². The summed E-state index contributed by atoms with van der Waals surface area (Å²) in [6.07, 6.45) is -6.15. The highest BCUT2D eigenvalue weighted by Gasteiger charge is 2.62. The average Bonchev–Trinajstić information content (AvgIpc) is 2.80. The molecule has 1 fully saturated rings. The summed E-state index contributed by atoms with van der Waals surface area (Å²) < 4.78 is 81.0. The van der Waals surface area contributed by atoms with Crippen LogP contribution >= 0.6 is 0 Å². The Hall–Kier alpha value is -3.48. The molecule has 1 aromatic carbocycles. The van der Waals surface area contributed by atoms with Crippen molar-refractivity contribution in [3.8, 4) is 0 Å². The van der Waals surface area contributed by atoms with Crippen LogP contribution in [0.5, 0.6) is 0 Å². The average molecular weight is 513 g/mol. The second-order valence-electron chi connectivity index (χ2n) is 8.89. The van der Waals surface area contributed by atoms with Crippen LogP contribution in [0.1, 0.15) is 41.7 Å². The largest absolute Gasteiger partial charge is 0.453 e. The lowest BCUT2D eigenvalue weighted by atomic mass is 9.78. The van der Waals surface area contributed by atoms with Crippen molar-refractivity contribution in [1.29, 1.82) is 0 Å². The zero-order chi connectivity index (χ0) is 26.5. The monoisotopic (exact) mass is 513 g/mol. The van der Waals surface area contributed by atoms with E-state index in [9.17, 15) is 35.9 Å². The third-order valence-electron chi connectivity index (χ3n) is 6.59. The van der Waals surface area contributed by atoms with Gasteiger partial charge in [0.2, 0.25) is 0 Å². The van der Waals surface area contributed by atoms with Gasteiger partial charge in [-0.15, -0.1) is 0 Å². The smallest absolute Gasteiger partial charge is 0.335 e. The number of carbonyl (C=O) groups is 1. The maximum absolute atomic E-state index is 13.9. The number of carbonyl (C=O) groups excluding carboxylic acids is 1. The maximum atomic E-state index is 13.9. The van der Waals surface area contributed by atoms with Crippen molar-refractivity contribution in [2.75, 3.05) is 5.32 Å². The van der Waals surface area contributed by atoms with E-state index in [1.54, 1.807) is 0 Å². The van der Waals surface area contributed by atoms with Crippen molar-refractivity contribution < 1.29 is 31.1 Å². The molecule has 192 valence electrons. The maximum Gasteiger partial charge on any atom is 0.453 e. The second-order valence-corrected chi connectivity index (χ2v) is 8.89. The molecule has 2 aromatic heterocycles. The molecule has 36 heavy (non-hydrogen) atoms. The van der Waals surface area contributed by atoms with Crippen molar-refractivity contribution in [3.63, 3.8) is 0 Å². The van der Waals surface area contributed by atoms with Crippen molar-refractivity contribution in [2.45, 2.75) is 50.4 Å². The molecule has 0 unspecified atom stereocenters. The molecule has 1 aliphatic rings. The van der Waals surface area contributed by atoms with Crippen molar-refractivity contribution >= 4 is 28.7 Å². The summed E-state index contributed by atoms with van der Waals surface area (Å²) in [6.45, 7) is 1.51. The Morgan fingerprint density at radius 1 is 1.14 bits per heavy atom. The number of fused-ring (bicyclic) bond motifs is 1. The number of rotatable bonds is 5. The van der Waals surface area contributed by atoms with Crippen LogP contribution in [0.4, 0.5) is 37.8 Å². The number of anilines is 2.